The second-order valence-corrected chi connectivity index (χ2v) is 4.48. The van der Waals surface area contributed by atoms with Gasteiger partial charge in [-0.1, -0.05) is 34.1 Å². The van der Waals surface area contributed by atoms with Crippen molar-refractivity contribution in [3.05, 3.63) is 35.6 Å². The van der Waals surface area contributed by atoms with Crippen LogP contribution in [0.1, 0.15) is 23.2 Å². The average molecular weight is 257 g/mol. The van der Waals surface area contributed by atoms with E-state index in [2.05, 4.69) is 15.9 Å². The molecule has 0 radical (unpaired) electrons. The van der Waals surface area contributed by atoms with Crippen molar-refractivity contribution in [1.29, 1.82) is 0 Å². The molecule has 0 aromatic heterocycles. The van der Waals surface area contributed by atoms with Gasteiger partial charge in [0, 0.05) is 11.5 Å². The van der Waals surface area contributed by atoms with Crippen LogP contribution in [0.25, 0.3) is 0 Å². The molecule has 0 spiro atoms. The Bertz CT molecular complexity index is 360. The standard InChI is InChI=1S/C11H10BrFO/c12-10(11(14)7-5-6-7)8-3-1-2-4-9(8)13/h1-4,7,10H,5-6H2/t10-/m1/s1. The van der Waals surface area contributed by atoms with Gasteiger partial charge < -0.3 is 0 Å². The summed E-state index contributed by atoms with van der Waals surface area (Å²) >= 11 is 3.25. The Kier molecular flexibility index (Phi) is 2.68. The molecule has 0 amide bonds. The molecule has 1 aliphatic rings. The highest BCUT2D eigenvalue weighted by atomic mass is 79.9. The molecule has 1 aromatic carbocycles. The summed E-state index contributed by atoms with van der Waals surface area (Å²) in [6.07, 6.45) is 1.91. The average Bonchev–Trinajstić information content (AvgIpc) is 3.00. The molecule has 0 unspecified atom stereocenters. The Morgan fingerprint density at radius 3 is 2.64 bits per heavy atom. The van der Waals surface area contributed by atoms with E-state index in [0.29, 0.717) is 5.56 Å². The zero-order valence-electron chi connectivity index (χ0n) is 7.54. The van der Waals surface area contributed by atoms with Crippen LogP contribution in [-0.2, 0) is 4.79 Å². The second kappa shape index (κ2) is 3.81. The van der Waals surface area contributed by atoms with E-state index < -0.39 is 4.83 Å². The van der Waals surface area contributed by atoms with Crippen LogP contribution in [0.5, 0.6) is 0 Å². The van der Waals surface area contributed by atoms with Crippen molar-refractivity contribution < 1.29 is 9.18 Å². The quantitative estimate of drug-likeness (QED) is 0.759. The third kappa shape index (κ3) is 1.87. The minimum atomic E-state index is -0.476. The summed E-state index contributed by atoms with van der Waals surface area (Å²) in [4.78, 5) is 11.2. The third-order valence-electron chi connectivity index (χ3n) is 2.41. The SMILES string of the molecule is O=C(C1CC1)[C@H](Br)c1ccccc1F. The highest BCUT2D eigenvalue weighted by Crippen LogP contribution is 2.38. The van der Waals surface area contributed by atoms with E-state index in [9.17, 15) is 9.18 Å². The fourth-order valence-electron chi connectivity index (χ4n) is 1.41. The van der Waals surface area contributed by atoms with Crippen molar-refractivity contribution in [3.63, 3.8) is 0 Å². The Morgan fingerprint density at radius 1 is 1.43 bits per heavy atom. The van der Waals surface area contributed by atoms with E-state index >= 15 is 0 Å². The number of rotatable bonds is 3. The van der Waals surface area contributed by atoms with Gasteiger partial charge in [-0.2, -0.15) is 0 Å². The summed E-state index contributed by atoms with van der Waals surface area (Å²) in [6.45, 7) is 0. The first-order valence-corrected chi connectivity index (χ1v) is 5.54. The van der Waals surface area contributed by atoms with Gasteiger partial charge in [0.25, 0.3) is 0 Å². The fraction of sp³-hybridized carbons (Fsp3) is 0.364. The Labute approximate surface area is 90.4 Å². The molecule has 0 N–H and O–H groups in total. The molecule has 3 heteroatoms. The van der Waals surface area contributed by atoms with Gasteiger partial charge in [-0.3, -0.25) is 4.79 Å². The maximum absolute atomic E-state index is 13.3. The minimum Gasteiger partial charge on any atom is -0.298 e. The van der Waals surface area contributed by atoms with Crippen LogP contribution in [0, 0.1) is 11.7 Å². The summed E-state index contributed by atoms with van der Waals surface area (Å²) in [5.74, 6) is -0.0579. The summed E-state index contributed by atoms with van der Waals surface area (Å²) in [7, 11) is 0. The zero-order chi connectivity index (χ0) is 10.1. The molecule has 0 heterocycles. The first-order valence-electron chi connectivity index (χ1n) is 4.62. The molecular weight excluding hydrogens is 247 g/mol. The number of hydrogen-bond donors (Lipinski definition) is 0. The van der Waals surface area contributed by atoms with Gasteiger partial charge in [0.2, 0.25) is 0 Å². The normalized spacial score (nSPS) is 17.9. The first-order chi connectivity index (χ1) is 6.70. The van der Waals surface area contributed by atoms with Crippen LogP contribution in [0.4, 0.5) is 4.39 Å². The van der Waals surface area contributed by atoms with Crippen LogP contribution in [0.2, 0.25) is 0 Å². The smallest absolute Gasteiger partial charge is 0.154 e. The molecule has 1 aromatic rings. The maximum atomic E-state index is 13.3. The Balaban J connectivity index is 2.21. The monoisotopic (exact) mass is 256 g/mol. The lowest BCUT2D eigenvalue weighted by Gasteiger charge is -2.08. The summed E-state index contributed by atoms with van der Waals surface area (Å²) in [5, 5.41) is 0. The molecule has 14 heavy (non-hydrogen) atoms. The molecule has 0 saturated heterocycles. The number of Topliss-reactive ketones (excluding diaryl/α,β-unsaturated/α-hetero) is 1. The van der Waals surface area contributed by atoms with Crippen molar-refractivity contribution in [1.82, 2.24) is 0 Å². The maximum Gasteiger partial charge on any atom is 0.154 e. The highest BCUT2D eigenvalue weighted by Gasteiger charge is 2.34. The number of halogens is 2. The number of carbonyl (C=O) groups excluding carboxylic acids is 1. The molecule has 1 nitrogen and oxygen atoms in total. The lowest BCUT2D eigenvalue weighted by molar-refractivity contribution is -0.119. The van der Waals surface area contributed by atoms with Gasteiger partial charge in [-0.15, -0.1) is 0 Å². The van der Waals surface area contributed by atoms with Gasteiger partial charge in [0.05, 0.1) is 0 Å². The molecule has 1 fully saturated rings. The molecule has 1 aliphatic carbocycles. The molecular formula is C11H10BrFO. The summed E-state index contributed by atoms with van der Waals surface area (Å²) in [5.41, 5.74) is 0.449. The topological polar surface area (TPSA) is 17.1 Å². The second-order valence-electron chi connectivity index (χ2n) is 3.56. The third-order valence-corrected chi connectivity index (χ3v) is 3.35. The summed E-state index contributed by atoms with van der Waals surface area (Å²) < 4.78 is 13.3. The lowest BCUT2D eigenvalue weighted by Crippen LogP contribution is -2.09. The van der Waals surface area contributed by atoms with Crippen LogP contribution in [0.15, 0.2) is 24.3 Å². The van der Waals surface area contributed by atoms with E-state index in [1.165, 1.54) is 6.07 Å². The minimum absolute atomic E-state index is 0.107. The highest BCUT2D eigenvalue weighted by molar-refractivity contribution is 9.09. The zero-order valence-corrected chi connectivity index (χ0v) is 9.13. The first kappa shape index (κ1) is 9.84. The number of alkyl halides is 1. The molecule has 1 saturated carbocycles. The molecule has 0 aliphatic heterocycles. The van der Waals surface area contributed by atoms with Gasteiger partial charge in [0.15, 0.2) is 5.78 Å². The lowest BCUT2D eigenvalue weighted by atomic mass is 10.1. The van der Waals surface area contributed by atoms with Crippen LogP contribution < -0.4 is 0 Å². The summed E-state index contributed by atoms with van der Waals surface area (Å²) in [6, 6.07) is 6.39. The number of carbonyl (C=O) groups is 1. The van der Waals surface area contributed by atoms with Gasteiger partial charge in [-0.25, -0.2) is 4.39 Å². The van der Waals surface area contributed by atoms with E-state index in [4.69, 9.17) is 0 Å². The van der Waals surface area contributed by atoms with Crippen molar-refractivity contribution in [2.45, 2.75) is 17.7 Å². The van der Waals surface area contributed by atoms with Gasteiger partial charge in [-0.05, 0) is 18.9 Å². The number of ketones is 1. The fourth-order valence-corrected chi connectivity index (χ4v) is 2.15. The number of benzene rings is 1. The largest absolute Gasteiger partial charge is 0.298 e. The Hall–Kier alpha value is -0.700. The van der Waals surface area contributed by atoms with Crippen LogP contribution in [0.3, 0.4) is 0 Å². The predicted octanol–water partition coefficient (Wildman–Crippen LogP) is 3.24. The Morgan fingerprint density at radius 2 is 2.07 bits per heavy atom. The van der Waals surface area contributed by atoms with Crippen molar-refractivity contribution in [2.75, 3.05) is 0 Å². The van der Waals surface area contributed by atoms with Crippen LogP contribution >= 0.6 is 15.9 Å². The van der Waals surface area contributed by atoms with Crippen molar-refractivity contribution >= 4 is 21.7 Å². The van der Waals surface area contributed by atoms with E-state index in [1.807, 2.05) is 0 Å². The molecule has 74 valence electrons. The van der Waals surface area contributed by atoms with Gasteiger partial charge in [0.1, 0.15) is 10.6 Å². The van der Waals surface area contributed by atoms with E-state index in [-0.39, 0.29) is 17.5 Å². The van der Waals surface area contributed by atoms with E-state index in [0.717, 1.165) is 12.8 Å². The van der Waals surface area contributed by atoms with Crippen molar-refractivity contribution in [2.24, 2.45) is 5.92 Å². The van der Waals surface area contributed by atoms with E-state index in [1.54, 1.807) is 18.2 Å². The molecule has 2 rings (SSSR count). The van der Waals surface area contributed by atoms with Gasteiger partial charge >= 0.3 is 0 Å². The predicted molar refractivity (Wildman–Crippen MR) is 55.8 cm³/mol. The molecule has 0 bridgehead atoms. The van der Waals surface area contributed by atoms with Crippen molar-refractivity contribution in [3.8, 4) is 0 Å². The number of hydrogen-bond acceptors (Lipinski definition) is 1. The van der Waals surface area contributed by atoms with Crippen LogP contribution in [-0.4, -0.2) is 5.78 Å². The molecule has 1 atom stereocenters.